The summed E-state index contributed by atoms with van der Waals surface area (Å²) in [6, 6.07) is 1.07. The number of carbonyl (C=O) groups excluding carboxylic acids is 4. The van der Waals surface area contributed by atoms with Crippen molar-refractivity contribution in [2.24, 2.45) is 21.8 Å². The van der Waals surface area contributed by atoms with E-state index >= 15 is 0 Å². The number of carboxylic acids is 1. The van der Waals surface area contributed by atoms with Gasteiger partial charge in [-0.25, -0.2) is 19.4 Å². The van der Waals surface area contributed by atoms with Crippen LogP contribution in [0.2, 0.25) is 0 Å². The maximum atomic E-state index is 10.5. The second kappa shape index (κ2) is 32.9. The van der Waals surface area contributed by atoms with E-state index in [-0.39, 0.29) is 43.9 Å². The first-order valence-corrected chi connectivity index (χ1v) is 17.9. The fourth-order valence-corrected chi connectivity index (χ4v) is 5.94. The van der Waals surface area contributed by atoms with E-state index in [4.69, 9.17) is 9.90 Å². The van der Waals surface area contributed by atoms with Gasteiger partial charge in [-0.05, 0) is 64.2 Å². The number of carbonyl (C=O) groups is 4. The zero-order valence-corrected chi connectivity index (χ0v) is 35.7. The molecule has 4 fully saturated rings. The number of hydrogen-bond acceptors (Lipinski definition) is 13. The molecule has 5 N–H and O–H groups in total. The summed E-state index contributed by atoms with van der Waals surface area (Å²) in [5, 5.41) is 26.1. The summed E-state index contributed by atoms with van der Waals surface area (Å²) < 4.78 is 0. The minimum Gasteiger partial charge on any atom is -0.550 e. The van der Waals surface area contributed by atoms with Crippen molar-refractivity contribution >= 4 is 69.8 Å². The van der Waals surface area contributed by atoms with Gasteiger partial charge in [0.25, 0.3) is 0 Å². The van der Waals surface area contributed by atoms with E-state index in [1.807, 2.05) is 21.1 Å². The molecule has 0 unspecified atom stereocenters. The molecule has 4 rings (SSSR count). The molecule has 0 amide bonds. The normalized spacial score (nSPS) is 22.9. The van der Waals surface area contributed by atoms with Crippen molar-refractivity contribution in [3.63, 3.8) is 0 Å². The number of aldehydes is 1. The van der Waals surface area contributed by atoms with Crippen LogP contribution >= 0.6 is 25.3 Å². The van der Waals surface area contributed by atoms with E-state index in [0.717, 1.165) is 83.7 Å². The Balaban J connectivity index is -0.000000619. The van der Waals surface area contributed by atoms with Gasteiger partial charge in [0.2, 0.25) is 0 Å². The molecule has 4 aliphatic rings. The van der Waals surface area contributed by atoms with Crippen LogP contribution < -0.4 is 61.2 Å². The van der Waals surface area contributed by atoms with Gasteiger partial charge in [-0.2, -0.15) is 25.3 Å². The largest absolute Gasteiger partial charge is 1.00 e. The van der Waals surface area contributed by atoms with E-state index < -0.39 is 17.9 Å². The fraction of sp³-hybridized carbons (Fsp3) is 0.812. The monoisotopic (exact) mass is 767 g/mol. The van der Waals surface area contributed by atoms with Gasteiger partial charge in [0.15, 0.2) is 11.9 Å². The molecule has 0 aromatic rings. The number of likely N-dealkylation sites (tertiary alicyclic amines) is 1. The second-order valence-corrected chi connectivity index (χ2v) is 13.7. The molecule has 0 spiro atoms. The Labute approximate surface area is 340 Å². The average molecular weight is 768 g/mol. The summed E-state index contributed by atoms with van der Waals surface area (Å²) in [4.78, 5) is 57.5. The van der Waals surface area contributed by atoms with Crippen LogP contribution in [0.3, 0.4) is 0 Å². The number of guanidine groups is 2. The maximum absolute atomic E-state index is 10.5. The summed E-state index contributed by atoms with van der Waals surface area (Å²) in [7, 11) is 7.35. The van der Waals surface area contributed by atoms with Gasteiger partial charge < -0.3 is 46.2 Å². The van der Waals surface area contributed by atoms with Gasteiger partial charge >= 0.3 is 41.5 Å². The molecule has 0 aromatic carbocycles. The predicted octanol–water partition coefficient (Wildman–Crippen LogP) is -3.21. The summed E-state index contributed by atoms with van der Waals surface area (Å²) >= 11 is 8.59. The first kappa shape index (κ1) is 53.7. The molecule has 2 saturated carbocycles. The molecular formula is C32H61BN8NaO7S2. The van der Waals surface area contributed by atoms with Gasteiger partial charge in [-0.3, -0.25) is 9.98 Å². The van der Waals surface area contributed by atoms with E-state index in [2.05, 4.69) is 76.5 Å². The Morgan fingerprint density at radius 1 is 0.804 bits per heavy atom. The fourth-order valence-electron chi connectivity index (χ4n) is 5.22. The van der Waals surface area contributed by atoms with Crippen LogP contribution in [-0.2, 0) is 29.0 Å². The minimum atomic E-state index is -1.08. The van der Waals surface area contributed by atoms with E-state index in [1.54, 1.807) is 7.05 Å². The van der Waals surface area contributed by atoms with E-state index in [0.29, 0.717) is 22.6 Å². The van der Waals surface area contributed by atoms with E-state index in [1.165, 1.54) is 45.3 Å². The van der Waals surface area contributed by atoms with Crippen molar-refractivity contribution in [1.82, 2.24) is 31.5 Å². The number of thiol groups is 2. The quantitative estimate of drug-likeness (QED) is 0.0281. The first-order valence-electron chi connectivity index (χ1n) is 16.9. The van der Waals surface area contributed by atoms with Gasteiger partial charge in [0, 0.05) is 118 Å². The van der Waals surface area contributed by atoms with Crippen LogP contribution in [0, 0.1) is 11.8 Å². The third-order valence-electron chi connectivity index (χ3n) is 7.90. The first-order chi connectivity index (χ1) is 23.3. The number of aliphatic carboxylic acids is 1. The molecule has 0 atom stereocenters. The summed E-state index contributed by atoms with van der Waals surface area (Å²) in [5.41, 5.74) is 0. The summed E-state index contributed by atoms with van der Waals surface area (Å²) in [5.74, 6) is 0.559. The molecular weight excluding hydrogens is 706 g/mol. The molecule has 19 heteroatoms. The molecule has 0 bridgehead atoms. The molecule has 2 saturated heterocycles. The van der Waals surface area contributed by atoms with Crippen LogP contribution in [-0.4, -0.2) is 133 Å². The number of nitrogens with one attached hydrogen (secondary N) is 5. The number of carboxylic acid groups (broad SMARTS) is 1. The average Bonchev–Trinajstić information content (AvgIpc) is 3.05. The van der Waals surface area contributed by atoms with Crippen molar-refractivity contribution < 1.29 is 63.6 Å². The maximum Gasteiger partial charge on any atom is 1.00 e. The number of hydrogen-bond donors (Lipinski definition) is 7. The minimum absolute atomic E-state index is 0. The van der Waals surface area contributed by atoms with Gasteiger partial charge in [-0.15, -0.1) is 0 Å². The summed E-state index contributed by atoms with van der Waals surface area (Å²) in [6.45, 7) is 9.12. The summed E-state index contributed by atoms with van der Waals surface area (Å²) in [6.07, 6.45) is 10.4. The molecule has 51 heavy (non-hydrogen) atoms. The molecule has 0 aromatic heterocycles. The van der Waals surface area contributed by atoms with Crippen LogP contribution in [0.4, 0.5) is 0 Å². The molecule has 2 aliphatic heterocycles. The zero-order valence-electron chi connectivity index (χ0n) is 31.9. The van der Waals surface area contributed by atoms with Crippen molar-refractivity contribution in [2.45, 2.75) is 94.7 Å². The van der Waals surface area contributed by atoms with Crippen molar-refractivity contribution in [3.05, 3.63) is 0 Å². The van der Waals surface area contributed by atoms with Gasteiger partial charge in [-0.1, -0.05) is 0 Å². The zero-order chi connectivity index (χ0) is 37.2. The number of nitrogens with zero attached hydrogens (tertiary/aromatic N) is 3. The van der Waals surface area contributed by atoms with Crippen molar-refractivity contribution in [3.8, 4) is 0 Å². The molecule has 2 aliphatic carbocycles. The molecule has 2 heterocycles. The third kappa shape index (κ3) is 29.4. The number of aliphatic imine (C=N–C) groups is 2. The predicted molar refractivity (Wildman–Crippen MR) is 203 cm³/mol. The standard InChI is InChI=1S/C13H26N4S.C10H19N3O.C4H6O4.C3H7NS.C2H4O2.B.Na/c1-14-13(15-2)16-11-5-3-10(4-6-11)7-17-8-12(18)9-17;1-11-10(12-2)13-9-5-3-8(7-14)4-6-9;1-3(5)7-8-4(2)6;5-3-1-4-2-3;1-2(3)4;;/h10-12,18H,3-9H2,1-2H3,(H2,14,15,16);7-9H,3-6H2,1-2H3,(H2,11,12,13);1-2H3;3-5H,1-2H2;1H3,(H,3,4);;/q;;;;;;+1/p-1. The molecule has 3 radical (unpaired) electrons. The van der Waals surface area contributed by atoms with Crippen LogP contribution in [0.1, 0.15) is 72.1 Å². The Morgan fingerprint density at radius 3 is 1.43 bits per heavy atom. The van der Waals surface area contributed by atoms with Gasteiger partial charge in [0.05, 0.1) is 0 Å². The number of rotatable bonds is 5. The molecule has 15 nitrogen and oxygen atoms in total. The molecule has 287 valence electrons. The third-order valence-corrected chi connectivity index (χ3v) is 8.60. The van der Waals surface area contributed by atoms with Crippen molar-refractivity contribution in [1.29, 1.82) is 0 Å². The van der Waals surface area contributed by atoms with Crippen molar-refractivity contribution in [2.75, 3.05) is 60.9 Å². The van der Waals surface area contributed by atoms with Gasteiger partial charge in [0.1, 0.15) is 6.29 Å². The Hall–Kier alpha value is -1.70. The Morgan fingerprint density at radius 2 is 1.18 bits per heavy atom. The topological polar surface area (TPSA) is 198 Å². The second-order valence-electron chi connectivity index (χ2n) is 12.2. The van der Waals surface area contributed by atoms with Crippen LogP contribution in [0.15, 0.2) is 9.98 Å². The smallest absolute Gasteiger partial charge is 0.550 e. The Bertz CT molecular complexity index is 994. The van der Waals surface area contributed by atoms with Crippen LogP contribution in [0.25, 0.3) is 0 Å². The Kier molecular flexibility index (Phi) is 34.6. The van der Waals surface area contributed by atoms with Crippen LogP contribution in [0.5, 0.6) is 0 Å². The van der Waals surface area contributed by atoms with E-state index in [9.17, 15) is 14.4 Å². The SMILES string of the molecule is CC(=O)OOC(C)=O.CC(=O)[O-].CN=C(NC)NC1CCC(C=O)CC1.CN=C(NC)NC1CCC(CN2CC(S)C2)CC1.SC1CNC1.[B].[Na+].